The maximum absolute atomic E-state index is 12.3. The highest BCUT2D eigenvalue weighted by molar-refractivity contribution is 8.00. The topological polar surface area (TPSA) is 77.2 Å². The zero-order chi connectivity index (χ0) is 15.9. The Morgan fingerprint density at radius 3 is 2.82 bits per heavy atom. The fraction of sp³-hybridized carbons (Fsp3) is 0.250. The summed E-state index contributed by atoms with van der Waals surface area (Å²) in [6, 6.07) is 11.0. The molecule has 0 saturated heterocycles. The third-order valence-electron chi connectivity index (χ3n) is 2.87. The maximum Gasteiger partial charge on any atom is 0.237 e. The smallest absolute Gasteiger partial charge is 0.237 e. The molecule has 22 heavy (non-hydrogen) atoms. The molecule has 116 valence electrons. The van der Waals surface area contributed by atoms with Gasteiger partial charge in [0.25, 0.3) is 0 Å². The maximum atomic E-state index is 12.3. The number of hydrogen-bond donors (Lipinski definition) is 2. The summed E-state index contributed by atoms with van der Waals surface area (Å²) in [5.41, 5.74) is 6.88. The number of aromatic nitrogens is 1. The van der Waals surface area contributed by atoms with Gasteiger partial charge >= 0.3 is 0 Å². The Morgan fingerprint density at radius 2 is 2.14 bits per heavy atom. The number of carbonyl (C=O) groups excluding carboxylic acids is 1. The quantitative estimate of drug-likeness (QED) is 0.800. The van der Waals surface area contributed by atoms with Crippen molar-refractivity contribution in [2.75, 3.05) is 17.7 Å². The molecule has 1 unspecified atom stereocenters. The number of para-hydroxylation sites is 2. The van der Waals surface area contributed by atoms with E-state index in [2.05, 4.69) is 10.3 Å². The van der Waals surface area contributed by atoms with Crippen LogP contribution in [0.25, 0.3) is 0 Å². The van der Waals surface area contributed by atoms with Crippen molar-refractivity contribution >= 4 is 29.0 Å². The average Bonchev–Trinajstić information content (AvgIpc) is 2.51. The number of thioether (sulfide) groups is 1. The number of anilines is 2. The number of nitrogens with zero attached hydrogens (tertiary/aromatic N) is 1. The van der Waals surface area contributed by atoms with Crippen LogP contribution in [0.2, 0.25) is 0 Å². The number of hydrogen-bond acceptors (Lipinski definition) is 5. The lowest BCUT2D eigenvalue weighted by Gasteiger charge is -2.14. The number of rotatable bonds is 6. The minimum atomic E-state index is -0.286. The van der Waals surface area contributed by atoms with E-state index in [1.165, 1.54) is 11.8 Å². The molecule has 0 aliphatic rings. The molecule has 0 bridgehead atoms. The zero-order valence-corrected chi connectivity index (χ0v) is 13.4. The molecule has 0 saturated carbocycles. The van der Waals surface area contributed by atoms with Gasteiger partial charge in [0.1, 0.15) is 5.75 Å². The number of benzene rings is 1. The van der Waals surface area contributed by atoms with Crippen LogP contribution in [-0.2, 0) is 4.79 Å². The number of carbonyl (C=O) groups is 1. The highest BCUT2D eigenvalue weighted by atomic mass is 32.2. The van der Waals surface area contributed by atoms with Gasteiger partial charge in [0.2, 0.25) is 5.91 Å². The second-order valence-corrected chi connectivity index (χ2v) is 5.97. The minimum absolute atomic E-state index is 0.101. The minimum Gasteiger partial charge on any atom is -0.492 e. The lowest BCUT2D eigenvalue weighted by atomic mass is 10.3. The summed E-state index contributed by atoms with van der Waals surface area (Å²) >= 11 is 1.38. The van der Waals surface area contributed by atoms with E-state index >= 15 is 0 Å². The fourth-order valence-electron chi connectivity index (χ4n) is 1.78. The molecule has 1 aromatic heterocycles. The van der Waals surface area contributed by atoms with Crippen molar-refractivity contribution in [1.82, 2.24) is 4.98 Å². The van der Waals surface area contributed by atoms with Crippen molar-refractivity contribution in [2.24, 2.45) is 0 Å². The Balaban J connectivity index is 2.01. The Morgan fingerprint density at radius 1 is 1.36 bits per heavy atom. The lowest BCUT2D eigenvalue weighted by Crippen LogP contribution is -2.22. The standard InChI is InChI=1S/C16H19N3O2S/c1-3-21-14-7-5-4-6-13(14)19-16(20)11(2)22-15-9-8-12(17)10-18-15/h4-11H,3,17H2,1-2H3,(H,19,20). The first-order valence-electron chi connectivity index (χ1n) is 7.01. The fourth-order valence-corrected chi connectivity index (χ4v) is 2.57. The lowest BCUT2D eigenvalue weighted by molar-refractivity contribution is -0.115. The monoisotopic (exact) mass is 317 g/mol. The highest BCUT2D eigenvalue weighted by Gasteiger charge is 2.16. The van der Waals surface area contributed by atoms with Gasteiger partial charge < -0.3 is 15.8 Å². The summed E-state index contributed by atoms with van der Waals surface area (Å²) in [6.45, 7) is 4.29. The summed E-state index contributed by atoms with van der Waals surface area (Å²) in [5.74, 6) is 0.567. The van der Waals surface area contributed by atoms with Crippen molar-refractivity contribution in [3.05, 3.63) is 42.6 Å². The highest BCUT2D eigenvalue weighted by Crippen LogP contribution is 2.26. The van der Waals surface area contributed by atoms with Gasteiger partial charge in [0, 0.05) is 0 Å². The van der Waals surface area contributed by atoms with Crippen LogP contribution >= 0.6 is 11.8 Å². The molecular formula is C16H19N3O2S. The second kappa shape index (κ2) is 7.70. The van der Waals surface area contributed by atoms with Crippen molar-refractivity contribution in [3.63, 3.8) is 0 Å². The normalized spacial score (nSPS) is 11.7. The molecule has 3 N–H and O–H groups in total. The van der Waals surface area contributed by atoms with Crippen LogP contribution in [0.5, 0.6) is 5.75 Å². The SMILES string of the molecule is CCOc1ccccc1NC(=O)C(C)Sc1ccc(N)cn1. The molecule has 2 rings (SSSR count). The molecule has 0 radical (unpaired) electrons. The van der Waals surface area contributed by atoms with E-state index in [9.17, 15) is 4.79 Å². The molecule has 0 fully saturated rings. The van der Waals surface area contributed by atoms with Gasteiger partial charge in [-0.25, -0.2) is 4.98 Å². The van der Waals surface area contributed by atoms with E-state index in [1.54, 1.807) is 18.3 Å². The van der Waals surface area contributed by atoms with Gasteiger partial charge in [-0.15, -0.1) is 0 Å². The van der Waals surface area contributed by atoms with Crippen molar-refractivity contribution in [1.29, 1.82) is 0 Å². The van der Waals surface area contributed by atoms with E-state index in [0.29, 0.717) is 23.7 Å². The van der Waals surface area contributed by atoms with E-state index in [1.807, 2.05) is 38.1 Å². The zero-order valence-electron chi connectivity index (χ0n) is 12.6. The van der Waals surface area contributed by atoms with Gasteiger partial charge in [-0.2, -0.15) is 0 Å². The molecule has 6 heteroatoms. The third-order valence-corrected chi connectivity index (χ3v) is 3.92. The number of pyridine rings is 1. The number of nitrogen functional groups attached to an aromatic ring is 1. The van der Waals surface area contributed by atoms with Crippen LogP contribution in [0, 0.1) is 0 Å². The van der Waals surface area contributed by atoms with Crippen molar-refractivity contribution < 1.29 is 9.53 Å². The van der Waals surface area contributed by atoms with Crippen LogP contribution in [0.15, 0.2) is 47.6 Å². The molecule has 0 aliphatic heterocycles. The molecular weight excluding hydrogens is 298 g/mol. The molecule has 1 atom stereocenters. The number of ether oxygens (including phenoxy) is 1. The van der Waals surface area contributed by atoms with E-state index < -0.39 is 0 Å². The van der Waals surface area contributed by atoms with Crippen LogP contribution in [-0.4, -0.2) is 22.7 Å². The van der Waals surface area contributed by atoms with Crippen LogP contribution < -0.4 is 15.8 Å². The molecule has 2 aromatic rings. The van der Waals surface area contributed by atoms with Gasteiger partial charge in [-0.05, 0) is 38.1 Å². The van der Waals surface area contributed by atoms with Crippen molar-refractivity contribution in [3.8, 4) is 5.75 Å². The van der Waals surface area contributed by atoms with Crippen LogP contribution in [0.1, 0.15) is 13.8 Å². The van der Waals surface area contributed by atoms with Gasteiger partial charge in [0.05, 0.1) is 34.5 Å². The molecule has 1 heterocycles. The third kappa shape index (κ3) is 4.39. The molecule has 1 amide bonds. The summed E-state index contributed by atoms with van der Waals surface area (Å²) < 4.78 is 5.50. The Bertz CT molecular complexity index is 632. The number of nitrogens with one attached hydrogen (secondary N) is 1. The predicted molar refractivity (Wildman–Crippen MR) is 90.2 cm³/mol. The number of nitrogens with two attached hydrogens (primary N) is 1. The predicted octanol–water partition coefficient (Wildman–Crippen LogP) is 3.18. The van der Waals surface area contributed by atoms with E-state index in [-0.39, 0.29) is 11.2 Å². The molecule has 5 nitrogen and oxygen atoms in total. The van der Waals surface area contributed by atoms with E-state index in [4.69, 9.17) is 10.5 Å². The second-order valence-electron chi connectivity index (χ2n) is 4.61. The summed E-state index contributed by atoms with van der Waals surface area (Å²) in [6.07, 6.45) is 1.58. The Kier molecular flexibility index (Phi) is 5.66. The Labute approximate surface area is 134 Å². The Hall–Kier alpha value is -2.21. The number of amides is 1. The van der Waals surface area contributed by atoms with Gasteiger partial charge in [-0.1, -0.05) is 23.9 Å². The largest absolute Gasteiger partial charge is 0.492 e. The van der Waals surface area contributed by atoms with E-state index in [0.717, 1.165) is 5.03 Å². The summed E-state index contributed by atoms with van der Waals surface area (Å²) in [4.78, 5) is 16.5. The van der Waals surface area contributed by atoms with Crippen molar-refractivity contribution in [2.45, 2.75) is 24.1 Å². The van der Waals surface area contributed by atoms with Gasteiger partial charge in [0.15, 0.2) is 0 Å². The van der Waals surface area contributed by atoms with Gasteiger partial charge in [-0.3, -0.25) is 4.79 Å². The first-order valence-corrected chi connectivity index (χ1v) is 7.89. The summed E-state index contributed by atoms with van der Waals surface area (Å²) in [7, 11) is 0. The average molecular weight is 317 g/mol. The summed E-state index contributed by atoms with van der Waals surface area (Å²) in [5, 5.41) is 3.36. The first kappa shape index (κ1) is 16.2. The van der Waals surface area contributed by atoms with Crippen LogP contribution in [0.3, 0.4) is 0 Å². The molecule has 0 spiro atoms. The first-order chi connectivity index (χ1) is 10.6. The molecule has 1 aromatic carbocycles. The molecule has 0 aliphatic carbocycles. The van der Waals surface area contributed by atoms with Crippen LogP contribution in [0.4, 0.5) is 11.4 Å².